The summed E-state index contributed by atoms with van der Waals surface area (Å²) in [5.74, 6) is -0.467. The maximum Gasteiger partial charge on any atom is 0.265 e. The first-order valence-electron chi connectivity index (χ1n) is 12.9. The molecule has 208 valence electrons. The Morgan fingerprint density at radius 3 is 2.17 bits per heavy atom. The summed E-state index contributed by atoms with van der Waals surface area (Å²) in [4.78, 5) is 28.0. The Morgan fingerprint density at radius 2 is 1.51 bits per heavy atom. The van der Waals surface area contributed by atoms with E-state index in [1.165, 1.54) is 44.6 Å². The number of amides is 2. The SMILES string of the molecule is COc1cc(C(=O)N(C(=N)N)c2ccc(C)c(NC(=O)c3ccc4c(c3)Cc3ccccc3-4)c2)cc(OC)c1OC. The molecule has 4 aromatic carbocycles. The number of fused-ring (bicyclic) bond motifs is 3. The molecule has 41 heavy (non-hydrogen) atoms. The molecule has 0 aromatic heterocycles. The number of guanidine groups is 1. The molecule has 0 aliphatic heterocycles. The van der Waals surface area contributed by atoms with Crippen molar-refractivity contribution in [3.8, 4) is 28.4 Å². The van der Waals surface area contributed by atoms with Crippen LogP contribution in [0.5, 0.6) is 17.2 Å². The van der Waals surface area contributed by atoms with Crippen LogP contribution in [0, 0.1) is 12.3 Å². The van der Waals surface area contributed by atoms with Crippen LogP contribution in [0.1, 0.15) is 37.4 Å². The number of carbonyl (C=O) groups excluding carboxylic acids is 2. The number of carbonyl (C=O) groups is 2. The molecule has 9 heteroatoms. The van der Waals surface area contributed by atoms with Crippen LogP contribution < -0.4 is 30.2 Å². The summed E-state index contributed by atoms with van der Waals surface area (Å²) in [5, 5.41) is 11.1. The molecule has 2 amide bonds. The molecular weight excluding hydrogens is 520 g/mol. The van der Waals surface area contributed by atoms with Crippen molar-refractivity contribution in [3.63, 3.8) is 0 Å². The molecule has 9 nitrogen and oxygen atoms in total. The number of hydrogen-bond acceptors (Lipinski definition) is 6. The van der Waals surface area contributed by atoms with Crippen LogP contribution in [0.2, 0.25) is 0 Å². The predicted molar refractivity (Wildman–Crippen MR) is 159 cm³/mol. The number of methoxy groups -OCH3 is 3. The largest absolute Gasteiger partial charge is 0.493 e. The smallest absolute Gasteiger partial charge is 0.265 e. The summed E-state index contributed by atoms with van der Waals surface area (Å²) in [5.41, 5.74) is 12.8. The summed E-state index contributed by atoms with van der Waals surface area (Å²) < 4.78 is 16.1. The standard InChI is InChI=1S/C32H30N4O5/c1-18-9-11-23(36(32(33)34)31(38)22-15-27(39-2)29(41-4)28(16-22)40-3)17-26(18)35-30(37)20-10-12-25-21(14-20)13-19-7-5-6-8-24(19)25/h5-12,14-17H,13H2,1-4H3,(H3,33,34)(H,35,37). The minimum absolute atomic E-state index is 0.167. The molecule has 0 atom stereocenters. The van der Waals surface area contributed by atoms with E-state index >= 15 is 0 Å². The predicted octanol–water partition coefficient (Wildman–Crippen LogP) is 5.38. The molecule has 0 saturated heterocycles. The Bertz CT molecular complexity index is 1670. The fourth-order valence-electron chi connectivity index (χ4n) is 5.06. The van der Waals surface area contributed by atoms with Crippen molar-refractivity contribution in [2.45, 2.75) is 13.3 Å². The van der Waals surface area contributed by atoms with Gasteiger partial charge in [-0.3, -0.25) is 15.0 Å². The maximum atomic E-state index is 13.6. The molecule has 4 aromatic rings. The highest BCUT2D eigenvalue weighted by molar-refractivity contribution is 6.21. The molecular formula is C32H30N4O5. The number of benzene rings is 4. The second kappa shape index (κ2) is 11.1. The fraction of sp³-hybridized carbons (Fsp3) is 0.156. The van der Waals surface area contributed by atoms with Crippen LogP contribution in [0.25, 0.3) is 11.1 Å². The Kier molecular flexibility index (Phi) is 7.35. The van der Waals surface area contributed by atoms with E-state index in [-0.39, 0.29) is 23.0 Å². The van der Waals surface area contributed by atoms with E-state index in [4.69, 9.17) is 25.4 Å². The molecule has 0 radical (unpaired) electrons. The molecule has 0 fully saturated rings. The third-order valence-corrected chi connectivity index (χ3v) is 7.14. The minimum Gasteiger partial charge on any atom is -0.493 e. The molecule has 5 rings (SSSR count). The van der Waals surface area contributed by atoms with E-state index in [1.54, 1.807) is 18.2 Å². The summed E-state index contributed by atoms with van der Waals surface area (Å²) in [6.45, 7) is 1.85. The first kappa shape index (κ1) is 27.3. The van der Waals surface area contributed by atoms with Crippen LogP contribution in [0.15, 0.2) is 72.8 Å². The number of nitrogens with two attached hydrogens (primary N) is 1. The number of nitrogens with one attached hydrogen (secondary N) is 2. The van der Waals surface area contributed by atoms with Gasteiger partial charge in [0.05, 0.1) is 27.0 Å². The van der Waals surface area contributed by atoms with Crippen LogP contribution in [-0.2, 0) is 6.42 Å². The lowest BCUT2D eigenvalue weighted by atomic mass is 10.0. The average molecular weight is 551 g/mol. The Labute approximate surface area is 238 Å². The number of nitrogens with zero attached hydrogens (tertiary/aromatic N) is 1. The molecule has 0 heterocycles. The Morgan fingerprint density at radius 1 is 0.829 bits per heavy atom. The molecule has 0 spiro atoms. The Hall–Kier alpha value is -5.31. The minimum atomic E-state index is -0.587. The van der Waals surface area contributed by atoms with E-state index in [2.05, 4.69) is 17.4 Å². The van der Waals surface area contributed by atoms with E-state index in [0.717, 1.165) is 28.0 Å². The highest BCUT2D eigenvalue weighted by atomic mass is 16.5. The fourth-order valence-corrected chi connectivity index (χ4v) is 5.06. The maximum absolute atomic E-state index is 13.6. The molecule has 1 aliphatic rings. The van der Waals surface area contributed by atoms with Crippen molar-refractivity contribution in [2.75, 3.05) is 31.5 Å². The van der Waals surface area contributed by atoms with Gasteiger partial charge in [-0.2, -0.15) is 0 Å². The first-order valence-corrected chi connectivity index (χ1v) is 12.9. The van der Waals surface area contributed by atoms with Crippen molar-refractivity contribution < 1.29 is 23.8 Å². The molecule has 0 bridgehead atoms. The number of aryl methyl sites for hydroxylation is 1. The normalized spacial score (nSPS) is 11.2. The van der Waals surface area contributed by atoms with Gasteiger partial charge in [-0.1, -0.05) is 36.4 Å². The summed E-state index contributed by atoms with van der Waals surface area (Å²) in [7, 11) is 4.36. The number of rotatable bonds is 7. The number of hydrogen-bond donors (Lipinski definition) is 3. The lowest BCUT2D eigenvalue weighted by Gasteiger charge is -2.23. The monoisotopic (exact) mass is 550 g/mol. The zero-order valence-corrected chi connectivity index (χ0v) is 23.2. The molecule has 4 N–H and O–H groups in total. The first-order chi connectivity index (χ1) is 19.7. The van der Waals surface area contributed by atoms with Gasteiger partial charge in [-0.25, -0.2) is 4.90 Å². The second-order valence-electron chi connectivity index (χ2n) is 9.60. The molecule has 0 unspecified atom stereocenters. The highest BCUT2D eigenvalue weighted by Gasteiger charge is 2.25. The van der Waals surface area contributed by atoms with Crippen LogP contribution >= 0.6 is 0 Å². The average Bonchev–Trinajstić information content (AvgIpc) is 3.35. The van der Waals surface area contributed by atoms with Gasteiger partial charge >= 0.3 is 0 Å². The molecule has 1 aliphatic carbocycles. The van der Waals surface area contributed by atoms with E-state index < -0.39 is 11.9 Å². The zero-order valence-electron chi connectivity index (χ0n) is 23.2. The second-order valence-corrected chi connectivity index (χ2v) is 9.60. The van der Waals surface area contributed by atoms with Gasteiger partial charge in [0.1, 0.15) is 0 Å². The Balaban J connectivity index is 1.43. The molecule has 0 saturated carbocycles. The summed E-state index contributed by atoms with van der Waals surface area (Å²) in [6, 6.07) is 21.9. The van der Waals surface area contributed by atoms with Crippen molar-refractivity contribution in [3.05, 3.63) is 101 Å². The van der Waals surface area contributed by atoms with Gasteiger partial charge in [-0.15, -0.1) is 0 Å². The van der Waals surface area contributed by atoms with Gasteiger partial charge in [0.2, 0.25) is 5.75 Å². The van der Waals surface area contributed by atoms with E-state index in [9.17, 15) is 9.59 Å². The lowest BCUT2D eigenvalue weighted by Crippen LogP contribution is -2.41. The van der Waals surface area contributed by atoms with Crippen LogP contribution in [0.4, 0.5) is 11.4 Å². The van der Waals surface area contributed by atoms with Gasteiger partial charge in [0.25, 0.3) is 11.8 Å². The third kappa shape index (κ3) is 5.05. The number of ether oxygens (including phenoxy) is 3. The van der Waals surface area contributed by atoms with E-state index in [0.29, 0.717) is 22.7 Å². The number of anilines is 2. The van der Waals surface area contributed by atoms with Gasteiger partial charge in [-0.05, 0) is 77.6 Å². The lowest BCUT2D eigenvalue weighted by molar-refractivity contribution is 0.0999. The van der Waals surface area contributed by atoms with Crippen molar-refractivity contribution in [1.29, 1.82) is 5.41 Å². The van der Waals surface area contributed by atoms with Crippen LogP contribution in [0.3, 0.4) is 0 Å². The summed E-state index contributed by atoms with van der Waals surface area (Å²) in [6.07, 6.45) is 0.776. The highest BCUT2D eigenvalue weighted by Crippen LogP contribution is 2.39. The van der Waals surface area contributed by atoms with Crippen molar-refractivity contribution in [1.82, 2.24) is 0 Å². The van der Waals surface area contributed by atoms with Gasteiger partial charge in [0, 0.05) is 16.8 Å². The van der Waals surface area contributed by atoms with Crippen LogP contribution in [-0.4, -0.2) is 39.1 Å². The summed E-state index contributed by atoms with van der Waals surface area (Å²) >= 11 is 0. The zero-order chi connectivity index (χ0) is 29.3. The van der Waals surface area contributed by atoms with Crippen molar-refractivity contribution >= 4 is 29.1 Å². The quantitative estimate of drug-likeness (QED) is 0.184. The van der Waals surface area contributed by atoms with Crippen molar-refractivity contribution in [2.24, 2.45) is 5.73 Å². The topological polar surface area (TPSA) is 127 Å². The third-order valence-electron chi connectivity index (χ3n) is 7.14. The van der Waals surface area contributed by atoms with Gasteiger partial charge < -0.3 is 25.3 Å². The van der Waals surface area contributed by atoms with E-state index in [1.807, 2.05) is 37.3 Å². The van der Waals surface area contributed by atoms with Gasteiger partial charge in [0.15, 0.2) is 17.5 Å².